The Morgan fingerprint density at radius 2 is 2.11 bits per heavy atom. The van der Waals surface area contributed by atoms with Crippen LogP contribution in [0.5, 0.6) is 0 Å². The molecule has 0 radical (unpaired) electrons. The zero-order chi connectivity index (χ0) is 13.3. The van der Waals surface area contributed by atoms with E-state index in [-0.39, 0.29) is 5.91 Å². The van der Waals surface area contributed by atoms with Gasteiger partial charge >= 0.3 is 0 Å². The van der Waals surface area contributed by atoms with Gasteiger partial charge in [-0.15, -0.1) is 0 Å². The third-order valence-electron chi connectivity index (χ3n) is 3.35. The largest absolute Gasteiger partial charge is 0.353 e. The van der Waals surface area contributed by atoms with Crippen LogP contribution in [0.2, 0.25) is 0 Å². The number of hydrogen-bond acceptors (Lipinski definition) is 2. The van der Waals surface area contributed by atoms with Crippen LogP contribution in [0, 0.1) is 19.8 Å². The fourth-order valence-corrected chi connectivity index (χ4v) is 2.18. The molecule has 0 unspecified atom stereocenters. The van der Waals surface area contributed by atoms with Crippen molar-refractivity contribution in [3.63, 3.8) is 0 Å². The van der Waals surface area contributed by atoms with Crippen LogP contribution in [0.25, 0.3) is 0 Å². The minimum Gasteiger partial charge on any atom is -0.353 e. The van der Waals surface area contributed by atoms with Crippen molar-refractivity contribution in [1.29, 1.82) is 0 Å². The smallest absolute Gasteiger partial charge is 0.224 e. The van der Waals surface area contributed by atoms with Gasteiger partial charge in [0.05, 0.1) is 12.1 Å². The van der Waals surface area contributed by atoms with Crippen LogP contribution in [0.1, 0.15) is 43.6 Å². The number of amides is 1. The van der Waals surface area contributed by atoms with Gasteiger partial charge in [0, 0.05) is 23.8 Å². The average molecular weight is 249 g/mol. The Kier molecular flexibility index (Phi) is 3.73. The van der Waals surface area contributed by atoms with E-state index in [0.29, 0.717) is 18.4 Å². The lowest BCUT2D eigenvalue weighted by atomic mass is 10.1. The van der Waals surface area contributed by atoms with E-state index >= 15 is 0 Å². The third-order valence-corrected chi connectivity index (χ3v) is 3.35. The number of nitrogens with zero attached hydrogens (tertiary/aromatic N) is 2. The maximum atomic E-state index is 11.9. The lowest BCUT2D eigenvalue weighted by Crippen LogP contribution is -2.27. The Morgan fingerprint density at radius 1 is 1.44 bits per heavy atom. The predicted octanol–water partition coefficient (Wildman–Crippen LogP) is 1.98. The highest BCUT2D eigenvalue weighted by Crippen LogP contribution is 2.20. The third kappa shape index (κ3) is 3.12. The van der Waals surface area contributed by atoms with Crippen molar-refractivity contribution in [1.82, 2.24) is 15.1 Å². The summed E-state index contributed by atoms with van der Waals surface area (Å²) in [6.45, 7) is 9.31. The first-order chi connectivity index (χ1) is 8.47. The molecule has 0 bridgehead atoms. The molecule has 1 saturated carbocycles. The van der Waals surface area contributed by atoms with Crippen LogP contribution in [-0.2, 0) is 17.8 Å². The van der Waals surface area contributed by atoms with Crippen LogP contribution in [-0.4, -0.2) is 21.7 Å². The minimum atomic E-state index is 0.132. The first-order valence-electron chi connectivity index (χ1n) is 6.79. The number of hydrogen-bond donors (Lipinski definition) is 1. The maximum Gasteiger partial charge on any atom is 0.224 e. The van der Waals surface area contributed by atoms with Crippen LogP contribution < -0.4 is 5.32 Å². The molecule has 1 N–H and O–H groups in total. The lowest BCUT2D eigenvalue weighted by Gasteiger charge is -2.08. The fourth-order valence-electron chi connectivity index (χ4n) is 2.18. The van der Waals surface area contributed by atoms with Gasteiger partial charge in [0.25, 0.3) is 0 Å². The number of carbonyl (C=O) groups is 1. The summed E-state index contributed by atoms with van der Waals surface area (Å²) in [5.74, 6) is 0.698. The lowest BCUT2D eigenvalue weighted by molar-refractivity contribution is -0.120. The van der Waals surface area contributed by atoms with Gasteiger partial charge in [-0.1, -0.05) is 13.8 Å². The van der Waals surface area contributed by atoms with E-state index in [0.717, 1.165) is 36.3 Å². The topological polar surface area (TPSA) is 46.9 Å². The van der Waals surface area contributed by atoms with Gasteiger partial charge in [-0.25, -0.2) is 0 Å². The molecular formula is C14H23N3O. The molecule has 4 heteroatoms. The highest BCUT2D eigenvalue weighted by Gasteiger charge is 2.24. The zero-order valence-electron chi connectivity index (χ0n) is 11.8. The van der Waals surface area contributed by atoms with E-state index in [4.69, 9.17) is 0 Å². The predicted molar refractivity (Wildman–Crippen MR) is 71.4 cm³/mol. The summed E-state index contributed by atoms with van der Waals surface area (Å²) < 4.78 is 2.03. The Morgan fingerprint density at radius 3 is 2.67 bits per heavy atom. The molecule has 0 saturated heterocycles. The first-order valence-corrected chi connectivity index (χ1v) is 6.79. The standard InChI is InChI=1S/C14H23N3O/c1-9(2)8-17-11(4)13(10(3)16-17)7-14(18)15-12-5-6-12/h9,12H,5-8H2,1-4H3,(H,15,18). The molecular weight excluding hydrogens is 226 g/mol. The summed E-state index contributed by atoms with van der Waals surface area (Å²) in [5.41, 5.74) is 3.21. The highest BCUT2D eigenvalue weighted by molar-refractivity contribution is 5.79. The average Bonchev–Trinajstić information content (AvgIpc) is 3.02. The van der Waals surface area contributed by atoms with Crippen LogP contribution in [0.15, 0.2) is 0 Å². The van der Waals surface area contributed by atoms with Crippen molar-refractivity contribution in [2.75, 3.05) is 0 Å². The number of aryl methyl sites for hydroxylation is 1. The number of rotatable bonds is 5. The molecule has 1 aliphatic rings. The van der Waals surface area contributed by atoms with Crippen LogP contribution in [0.4, 0.5) is 0 Å². The molecule has 2 rings (SSSR count). The first kappa shape index (κ1) is 13.1. The van der Waals surface area contributed by atoms with Crippen molar-refractivity contribution in [2.24, 2.45) is 5.92 Å². The molecule has 100 valence electrons. The highest BCUT2D eigenvalue weighted by atomic mass is 16.1. The van der Waals surface area contributed by atoms with Gasteiger partial charge in [0.15, 0.2) is 0 Å². The van der Waals surface area contributed by atoms with Gasteiger partial charge in [0.1, 0.15) is 0 Å². The quantitative estimate of drug-likeness (QED) is 0.867. The Hall–Kier alpha value is -1.32. The molecule has 1 fully saturated rings. The summed E-state index contributed by atoms with van der Waals surface area (Å²) in [4.78, 5) is 11.9. The van der Waals surface area contributed by atoms with E-state index in [9.17, 15) is 4.79 Å². The van der Waals surface area contributed by atoms with E-state index in [1.807, 2.05) is 11.6 Å². The molecule has 1 aliphatic carbocycles. The Balaban J connectivity index is 2.06. The molecule has 0 aliphatic heterocycles. The molecule has 4 nitrogen and oxygen atoms in total. The summed E-state index contributed by atoms with van der Waals surface area (Å²) in [5, 5.41) is 7.57. The fraction of sp³-hybridized carbons (Fsp3) is 0.714. The van der Waals surface area contributed by atoms with E-state index in [1.54, 1.807) is 0 Å². The van der Waals surface area contributed by atoms with Crippen LogP contribution in [0.3, 0.4) is 0 Å². The number of nitrogens with one attached hydrogen (secondary N) is 1. The molecule has 1 aromatic rings. The summed E-state index contributed by atoms with van der Waals surface area (Å²) in [6, 6.07) is 0.434. The SMILES string of the molecule is Cc1nn(CC(C)C)c(C)c1CC(=O)NC1CC1. The summed E-state index contributed by atoms with van der Waals surface area (Å²) in [6.07, 6.45) is 2.74. The van der Waals surface area contributed by atoms with E-state index in [2.05, 4.69) is 31.2 Å². The summed E-state index contributed by atoms with van der Waals surface area (Å²) >= 11 is 0. The van der Waals surface area contributed by atoms with Gasteiger partial charge in [-0.05, 0) is 32.6 Å². The Bertz CT molecular complexity index is 444. The molecule has 1 amide bonds. The molecule has 0 atom stereocenters. The normalized spacial score (nSPS) is 15.2. The van der Waals surface area contributed by atoms with Gasteiger partial charge in [-0.3, -0.25) is 9.48 Å². The number of aromatic nitrogens is 2. The number of carbonyl (C=O) groups excluding carboxylic acids is 1. The second kappa shape index (κ2) is 5.12. The zero-order valence-corrected chi connectivity index (χ0v) is 11.8. The van der Waals surface area contributed by atoms with E-state index < -0.39 is 0 Å². The maximum absolute atomic E-state index is 11.9. The van der Waals surface area contributed by atoms with Crippen molar-refractivity contribution in [2.45, 2.75) is 59.5 Å². The molecule has 0 spiro atoms. The van der Waals surface area contributed by atoms with Crippen molar-refractivity contribution in [3.8, 4) is 0 Å². The molecule has 18 heavy (non-hydrogen) atoms. The van der Waals surface area contributed by atoms with E-state index in [1.165, 1.54) is 0 Å². The van der Waals surface area contributed by atoms with Gasteiger partial charge < -0.3 is 5.32 Å². The second-order valence-electron chi connectivity index (χ2n) is 5.74. The van der Waals surface area contributed by atoms with Crippen molar-refractivity contribution >= 4 is 5.91 Å². The Labute approximate surface area is 109 Å². The van der Waals surface area contributed by atoms with Crippen LogP contribution >= 0.6 is 0 Å². The van der Waals surface area contributed by atoms with Crippen molar-refractivity contribution in [3.05, 3.63) is 17.0 Å². The minimum absolute atomic E-state index is 0.132. The molecule has 0 aromatic carbocycles. The van der Waals surface area contributed by atoms with Crippen molar-refractivity contribution < 1.29 is 4.79 Å². The second-order valence-corrected chi connectivity index (χ2v) is 5.74. The van der Waals surface area contributed by atoms with Gasteiger partial charge in [-0.2, -0.15) is 5.10 Å². The monoisotopic (exact) mass is 249 g/mol. The molecule has 1 aromatic heterocycles. The summed E-state index contributed by atoms with van der Waals surface area (Å²) in [7, 11) is 0. The van der Waals surface area contributed by atoms with Gasteiger partial charge in [0.2, 0.25) is 5.91 Å². The molecule has 1 heterocycles.